The van der Waals surface area contributed by atoms with Gasteiger partial charge in [-0.05, 0) is 30.9 Å². The highest BCUT2D eigenvalue weighted by molar-refractivity contribution is 8.00. The quantitative estimate of drug-likeness (QED) is 0.445. The van der Waals surface area contributed by atoms with Gasteiger partial charge in [-0.15, -0.1) is 11.8 Å². The maximum atomic E-state index is 13.0. The summed E-state index contributed by atoms with van der Waals surface area (Å²) < 4.78 is 5.37. The van der Waals surface area contributed by atoms with Gasteiger partial charge in [-0.3, -0.25) is 4.90 Å². The molecule has 0 spiro atoms. The third kappa shape index (κ3) is 5.93. The van der Waals surface area contributed by atoms with Gasteiger partial charge in [0, 0.05) is 5.75 Å². The second-order valence-corrected chi connectivity index (χ2v) is 8.91. The third-order valence-corrected chi connectivity index (χ3v) is 6.15. The number of carbonyl (C=O) groups excluding carboxylic acids is 2. The fourth-order valence-corrected chi connectivity index (χ4v) is 4.92. The van der Waals surface area contributed by atoms with Crippen molar-refractivity contribution < 1.29 is 14.3 Å². The number of urea groups is 1. The number of hydrogen-bond donors (Lipinski definition) is 1. The number of halogens is 2. The molecular weight excluding hydrogens is 407 g/mol. The summed E-state index contributed by atoms with van der Waals surface area (Å²) in [7, 11) is 0. The standard InChI is InChI=1S/C19H26Cl2N2O3S/c1-4-5-9-26-18(24)15-11-27-16(10-12(2)3)23(15)19(25)22-17-13(20)7-6-8-14(17)21/h6-8,12,15-16H,4-5,9-11H2,1-3H3,(H,22,25). The summed E-state index contributed by atoms with van der Waals surface area (Å²) in [6.45, 7) is 6.59. The topological polar surface area (TPSA) is 58.6 Å². The SMILES string of the molecule is CCCCOC(=O)C1CSC(CC(C)C)N1C(=O)Nc1c(Cl)cccc1Cl. The number of anilines is 1. The van der Waals surface area contributed by atoms with Crippen molar-refractivity contribution in [3.05, 3.63) is 28.2 Å². The van der Waals surface area contributed by atoms with Crippen molar-refractivity contribution in [1.29, 1.82) is 0 Å². The van der Waals surface area contributed by atoms with Gasteiger partial charge in [0.25, 0.3) is 0 Å². The van der Waals surface area contributed by atoms with Crippen LogP contribution in [-0.4, -0.2) is 40.7 Å². The molecule has 2 rings (SSSR count). The smallest absolute Gasteiger partial charge is 0.329 e. The van der Waals surface area contributed by atoms with Crippen LogP contribution in [-0.2, 0) is 9.53 Å². The van der Waals surface area contributed by atoms with Crippen LogP contribution in [0.25, 0.3) is 0 Å². The minimum Gasteiger partial charge on any atom is -0.464 e. The summed E-state index contributed by atoms with van der Waals surface area (Å²) in [5, 5.41) is 3.38. The summed E-state index contributed by atoms with van der Waals surface area (Å²) in [6, 6.07) is 4.02. The van der Waals surface area contributed by atoms with E-state index < -0.39 is 12.1 Å². The van der Waals surface area contributed by atoms with Crippen molar-refractivity contribution in [3.63, 3.8) is 0 Å². The first-order valence-electron chi connectivity index (χ1n) is 9.16. The second-order valence-electron chi connectivity index (χ2n) is 6.89. The number of para-hydroxylation sites is 1. The highest BCUT2D eigenvalue weighted by atomic mass is 35.5. The molecule has 0 aromatic heterocycles. The molecule has 1 aliphatic heterocycles. The van der Waals surface area contributed by atoms with Crippen LogP contribution in [0.4, 0.5) is 10.5 Å². The van der Waals surface area contributed by atoms with Crippen molar-refractivity contribution in [2.45, 2.75) is 51.4 Å². The normalized spacial score (nSPS) is 19.4. The van der Waals surface area contributed by atoms with Gasteiger partial charge in [0.15, 0.2) is 0 Å². The zero-order valence-corrected chi connectivity index (χ0v) is 18.2. The Balaban J connectivity index is 2.18. The van der Waals surface area contributed by atoms with E-state index in [1.54, 1.807) is 34.9 Å². The van der Waals surface area contributed by atoms with E-state index in [0.29, 0.717) is 34.0 Å². The molecule has 2 amide bonds. The minimum atomic E-state index is -0.614. The first kappa shape index (κ1) is 22.2. The lowest BCUT2D eigenvalue weighted by Crippen LogP contribution is -2.48. The summed E-state index contributed by atoms with van der Waals surface area (Å²) in [6.07, 6.45) is 2.54. The molecule has 1 saturated heterocycles. The van der Waals surface area contributed by atoms with Gasteiger partial charge in [0.1, 0.15) is 6.04 Å². The number of rotatable bonds is 7. The lowest BCUT2D eigenvalue weighted by atomic mass is 10.1. The minimum absolute atomic E-state index is 0.102. The fourth-order valence-electron chi connectivity index (χ4n) is 2.80. The van der Waals surface area contributed by atoms with Crippen molar-refractivity contribution >= 4 is 52.7 Å². The molecule has 0 aliphatic carbocycles. The Kier molecular flexibility index (Phi) is 8.58. The van der Waals surface area contributed by atoms with E-state index in [0.717, 1.165) is 19.3 Å². The Morgan fingerprint density at radius 1 is 1.33 bits per heavy atom. The van der Waals surface area contributed by atoms with Gasteiger partial charge < -0.3 is 10.1 Å². The maximum absolute atomic E-state index is 13.0. The average molecular weight is 433 g/mol. The average Bonchev–Trinajstić information content (AvgIpc) is 3.01. The first-order valence-corrected chi connectivity index (χ1v) is 11.0. The number of nitrogens with one attached hydrogen (secondary N) is 1. The number of benzene rings is 1. The molecule has 1 aromatic carbocycles. The molecule has 5 nitrogen and oxygen atoms in total. The van der Waals surface area contributed by atoms with Crippen LogP contribution in [0.15, 0.2) is 18.2 Å². The Morgan fingerprint density at radius 3 is 2.59 bits per heavy atom. The summed E-state index contributed by atoms with van der Waals surface area (Å²) in [5.74, 6) is 0.547. The van der Waals surface area contributed by atoms with Gasteiger partial charge >= 0.3 is 12.0 Å². The van der Waals surface area contributed by atoms with Crippen molar-refractivity contribution in [2.75, 3.05) is 17.7 Å². The van der Waals surface area contributed by atoms with Crippen LogP contribution in [0.3, 0.4) is 0 Å². The molecule has 0 bridgehead atoms. The number of ether oxygens (including phenoxy) is 1. The zero-order chi connectivity index (χ0) is 20.0. The van der Waals surface area contributed by atoms with Crippen LogP contribution in [0, 0.1) is 5.92 Å². The fraction of sp³-hybridized carbons (Fsp3) is 0.579. The monoisotopic (exact) mass is 432 g/mol. The van der Waals surface area contributed by atoms with Crippen LogP contribution in [0.2, 0.25) is 10.0 Å². The molecule has 1 N–H and O–H groups in total. The molecule has 8 heteroatoms. The zero-order valence-electron chi connectivity index (χ0n) is 15.8. The number of esters is 1. The lowest BCUT2D eigenvalue weighted by Gasteiger charge is -2.29. The van der Waals surface area contributed by atoms with E-state index in [2.05, 4.69) is 19.2 Å². The third-order valence-electron chi connectivity index (χ3n) is 4.21. The Labute approximate surface area is 175 Å². The highest BCUT2D eigenvalue weighted by Gasteiger charge is 2.42. The lowest BCUT2D eigenvalue weighted by molar-refractivity contribution is -0.148. The van der Waals surface area contributed by atoms with Gasteiger partial charge in [-0.25, -0.2) is 9.59 Å². The van der Waals surface area contributed by atoms with E-state index in [9.17, 15) is 9.59 Å². The number of unbranched alkanes of at least 4 members (excludes halogenated alkanes) is 1. The molecular formula is C19H26Cl2N2O3S. The largest absolute Gasteiger partial charge is 0.464 e. The number of hydrogen-bond acceptors (Lipinski definition) is 4. The molecule has 1 aromatic rings. The summed E-state index contributed by atoms with van der Waals surface area (Å²) >= 11 is 13.9. The summed E-state index contributed by atoms with van der Waals surface area (Å²) in [5.41, 5.74) is 0.351. The predicted octanol–water partition coefficient (Wildman–Crippen LogP) is 5.66. The molecule has 2 unspecified atom stereocenters. The number of amides is 2. The van der Waals surface area contributed by atoms with Crippen LogP contribution >= 0.6 is 35.0 Å². The molecule has 1 aliphatic rings. The van der Waals surface area contributed by atoms with Crippen molar-refractivity contribution in [3.8, 4) is 0 Å². The summed E-state index contributed by atoms with van der Waals surface area (Å²) in [4.78, 5) is 27.2. The van der Waals surface area contributed by atoms with E-state index in [1.807, 2.05) is 6.92 Å². The first-order chi connectivity index (χ1) is 12.8. The van der Waals surface area contributed by atoms with E-state index in [4.69, 9.17) is 27.9 Å². The van der Waals surface area contributed by atoms with E-state index >= 15 is 0 Å². The maximum Gasteiger partial charge on any atom is 0.329 e. The molecule has 0 saturated carbocycles. The molecule has 1 heterocycles. The van der Waals surface area contributed by atoms with Crippen LogP contribution < -0.4 is 5.32 Å². The van der Waals surface area contributed by atoms with Gasteiger partial charge in [0.2, 0.25) is 0 Å². The van der Waals surface area contributed by atoms with Gasteiger partial charge in [-0.1, -0.05) is 56.5 Å². The van der Waals surface area contributed by atoms with Gasteiger partial charge in [-0.2, -0.15) is 0 Å². The Morgan fingerprint density at radius 2 is 2.00 bits per heavy atom. The van der Waals surface area contributed by atoms with Crippen LogP contribution in [0.1, 0.15) is 40.0 Å². The van der Waals surface area contributed by atoms with Crippen LogP contribution in [0.5, 0.6) is 0 Å². The molecule has 1 fully saturated rings. The molecule has 150 valence electrons. The Bertz CT molecular complexity index is 652. The molecule has 2 atom stereocenters. The van der Waals surface area contributed by atoms with E-state index in [-0.39, 0.29) is 11.3 Å². The second kappa shape index (κ2) is 10.4. The van der Waals surface area contributed by atoms with Crippen molar-refractivity contribution in [1.82, 2.24) is 4.90 Å². The van der Waals surface area contributed by atoms with E-state index in [1.165, 1.54) is 0 Å². The predicted molar refractivity (Wildman–Crippen MR) is 113 cm³/mol. The molecule has 0 radical (unpaired) electrons. The van der Waals surface area contributed by atoms with Crippen molar-refractivity contribution in [2.24, 2.45) is 5.92 Å². The highest BCUT2D eigenvalue weighted by Crippen LogP contribution is 2.36. The number of carbonyl (C=O) groups is 2. The number of thioether (sulfide) groups is 1. The van der Waals surface area contributed by atoms with Gasteiger partial charge in [0.05, 0.1) is 27.7 Å². The molecule has 27 heavy (non-hydrogen) atoms. The number of nitrogens with zero attached hydrogens (tertiary/aromatic N) is 1. The Hall–Kier alpha value is -1.11.